The minimum absolute atomic E-state index is 0.0842. The van der Waals surface area contributed by atoms with E-state index < -0.39 is 12.8 Å². The number of carbonyl (C=O) groups is 1. The van der Waals surface area contributed by atoms with Gasteiger partial charge in [-0.2, -0.15) is 8.78 Å². The molecule has 1 aromatic heterocycles. The number of aromatic nitrogens is 1. The summed E-state index contributed by atoms with van der Waals surface area (Å²) in [5.74, 6) is -0.293. The Labute approximate surface area is 77.5 Å². The number of hydrogen-bond donors (Lipinski definition) is 0. The van der Waals surface area contributed by atoms with Crippen LogP contribution in [0.4, 0.5) is 13.2 Å². The van der Waals surface area contributed by atoms with Gasteiger partial charge in [0.2, 0.25) is 0 Å². The van der Waals surface area contributed by atoms with Crippen molar-refractivity contribution in [2.75, 3.05) is 6.67 Å². The number of rotatable bonds is 4. The van der Waals surface area contributed by atoms with E-state index >= 15 is 0 Å². The molecule has 0 bridgehead atoms. The second kappa shape index (κ2) is 4.08. The number of alkyl halides is 3. The third kappa shape index (κ3) is 2.72. The molecule has 0 amide bonds. The smallest absolute Gasteiger partial charge is 0.427 e. The molecule has 6 heteroatoms. The zero-order chi connectivity index (χ0) is 10.6. The zero-order valence-corrected chi connectivity index (χ0v) is 6.91. The fourth-order valence-corrected chi connectivity index (χ4v) is 0.722. The Morgan fingerprint density at radius 1 is 1.50 bits per heavy atom. The van der Waals surface area contributed by atoms with Crippen molar-refractivity contribution in [1.82, 2.24) is 4.98 Å². The Balaban J connectivity index is 2.73. The normalized spacial score (nSPS) is 11.1. The van der Waals surface area contributed by atoms with Crippen molar-refractivity contribution < 1.29 is 22.7 Å². The molecule has 0 unspecified atom stereocenters. The molecule has 0 aliphatic rings. The SMILES string of the molecule is O=Cc1ccc(OC(F)(F)CF)cn1. The second-order valence-corrected chi connectivity index (χ2v) is 2.41. The summed E-state index contributed by atoms with van der Waals surface area (Å²) in [6, 6.07) is 2.30. The molecule has 3 nitrogen and oxygen atoms in total. The third-order valence-electron chi connectivity index (χ3n) is 1.30. The predicted molar refractivity (Wildman–Crippen MR) is 41.2 cm³/mol. The van der Waals surface area contributed by atoms with E-state index in [0.717, 1.165) is 12.3 Å². The molecule has 0 aliphatic carbocycles. The maximum absolute atomic E-state index is 12.3. The summed E-state index contributed by atoms with van der Waals surface area (Å²) in [6.07, 6.45) is -2.48. The highest BCUT2D eigenvalue weighted by atomic mass is 19.3. The van der Waals surface area contributed by atoms with Crippen molar-refractivity contribution in [1.29, 1.82) is 0 Å². The van der Waals surface area contributed by atoms with Gasteiger partial charge in [0.15, 0.2) is 13.0 Å². The number of halogens is 3. The lowest BCUT2D eigenvalue weighted by molar-refractivity contribution is -0.186. The first-order valence-electron chi connectivity index (χ1n) is 3.61. The molecule has 1 aromatic rings. The molecule has 0 atom stereocenters. The van der Waals surface area contributed by atoms with Gasteiger partial charge in [-0.25, -0.2) is 9.37 Å². The first kappa shape index (κ1) is 10.5. The van der Waals surface area contributed by atoms with E-state index in [-0.39, 0.29) is 11.4 Å². The molecule has 0 radical (unpaired) electrons. The van der Waals surface area contributed by atoms with E-state index in [0.29, 0.717) is 6.29 Å². The molecule has 1 rings (SSSR count). The molecule has 0 N–H and O–H groups in total. The van der Waals surface area contributed by atoms with Gasteiger partial charge >= 0.3 is 6.11 Å². The lowest BCUT2D eigenvalue weighted by Crippen LogP contribution is -2.27. The average Bonchev–Trinajstić information content (AvgIpc) is 2.19. The molecule has 0 aromatic carbocycles. The standard InChI is InChI=1S/C8H6F3NO2/c9-5-8(10,11)14-7-2-1-6(4-13)12-3-7/h1-4H,5H2. The average molecular weight is 205 g/mol. The Bertz CT molecular complexity index is 313. The summed E-state index contributed by atoms with van der Waals surface area (Å²) < 4.78 is 40.3. The largest absolute Gasteiger partial charge is 0.429 e. The number of nitrogens with zero attached hydrogens (tertiary/aromatic N) is 1. The van der Waals surface area contributed by atoms with Gasteiger partial charge in [-0.15, -0.1) is 0 Å². The summed E-state index contributed by atoms with van der Waals surface area (Å²) in [6.45, 7) is -1.91. The van der Waals surface area contributed by atoms with Crippen LogP contribution in [-0.2, 0) is 0 Å². The summed E-state index contributed by atoms with van der Waals surface area (Å²) in [4.78, 5) is 13.6. The zero-order valence-electron chi connectivity index (χ0n) is 6.91. The van der Waals surface area contributed by atoms with E-state index in [9.17, 15) is 18.0 Å². The maximum Gasteiger partial charge on any atom is 0.427 e. The first-order chi connectivity index (χ1) is 6.57. The lowest BCUT2D eigenvalue weighted by atomic mass is 10.4. The number of hydrogen-bond acceptors (Lipinski definition) is 3. The van der Waals surface area contributed by atoms with Crippen molar-refractivity contribution in [2.24, 2.45) is 0 Å². The van der Waals surface area contributed by atoms with Crippen LogP contribution in [-0.4, -0.2) is 24.1 Å². The molecule has 0 fully saturated rings. The number of aldehydes is 1. The van der Waals surface area contributed by atoms with Gasteiger partial charge in [-0.1, -0.05) is 0 Å². The Kier molecular flexibility index (Phi) is 3.06. The number of pyridine rings is 1. The molecule has 0 saturated carbocycles. The van der Waals surface area contributed by atoms with Crippen molar-refractivity contribution in [2.45, 2.75) is 6.11 Å². The maximum atomic E-state index is 12.3. The molecule has 0 spiro atoms. The highest BCUT2D eigenvalue weighted by molar-refractivity contribution is 5.71. The Morgan fingerprint density at radius 3 is 2.64 bits per heavy atom. The van der Waals surface area contributed by atoms with Crippen molar-refractivity contribution in [3.8, 4) is 5.75 Å². The van der Waals surface area contributed by atoms with Gasteiger partial charge in [0.05, 0.1) is 6.20 Å². The van der Waals surface area contributed by atoms with E-state index in [1.807, 2.05) is 0 Å². The van der Waals surface area contributed by atoms with Gasteiger partial charge in [-0.3, -0.25) is 4.79 Å². The molecular formula is C8H6F3NO2. The Hall–Kier alpha value is -1.59. The van der Waals surface area contributed by atoms with Crippen molar-refractivity contribution in [3.63, 3.8) is 0 Å². The minimum Gasteiger partial charge on any atom is -0.429 e. The van der Waals surface area contributed by atoms with Gasteiger partial charge in [0.1, 0.15) is 11.4 Å². The van der Waals surface area contributed by atoms with Crippen LogP contribution in [0.5, 0.6) is 5.75 Å². The number of ether oxygens (including phenoxy) is 1. The third-order valence-corrected chi connectivity index (χ3v) is 1.30. The molecule has 1 heterocycles. The highest BCUT2D eigenvalue weighted by Crippen LogP contribution is 2.20. The summed E-state index contributed by atoms with van der Waals surface area (Å²) in [5, 5.41) is 0. The van der Waals surface area contributed by atoms with Gasteiger partial charge in [-0.05, 0) is 12.1 Å². The summed E-state index contributed by atoms with van der Waals surface area (Å²) in [7, 11) is 0. The van der Waals surface area contributed by atoms with Crippen LogP contribution >= 0.6 is 0 Å². The monoisotopic (exact) mass is 205 g/mol. The van der Waals surface area contributed by atoms with Gasteiger partial charge in [0.25, 0.3) is 0 Å². The summed E-state index contributed by atoms with van der Waals surface area (Å²) in [5.41, 5.74) is 0.0842. The van der Waals surface area contributed by atoms with Crippen molar-refractivity contribution in [3.05, 3.63) is 24.0 Å². The molecule has 14 heavy (non-hydrogen) atoms. The van der Waals surface area contributed by atoms with Gasteiger partial charge in [0, 0.05) is 0 Å². The fraction of sp³-hybridized carbons (Fsp3) is 0.250. The molecular weight excluding hydrogens is 199 g/mol. The van der Waals surface area contributed by atoms with E-state index in [2.05, 4.69) is 9.72 Å². The molecule has 76 valence electrons. The van der Waals surface area contributed by atoms with Crippen LogP contribution in [0.3, 0.4) is 0 Å². The van der Waals surface area contributed by atoms with Crippen LogP contribution < -0.4 is 4.74 Å². The van der Waals surface area contributed by atoms with Crippen LogP contribution in [0.2, 0.25) is 0 Å². The summed E-state index contributed by atoms with van der Waals surface area (Å²) >= 11 is 0. The number of carbonyl (C=O) groups excluding carboxylic acids is 1. The highest BCUT2D eigenvalue weighted by Gasteiger charge is 2.31. The van der Waals surface area contributed by atoms with Crippen molar-refractivity contribution >= 4 is 6.29 Å². The van der Waals surface area contributed by atoms with Crippen LogP contribution in [0, 0.1) is 0 Å². The van der Waals surface area contributed by atoms with Crippen LogP contribution in [0.25, 0.3) is 0 Å². The van der Waals surface area contributed by atoms with E-state index in [1.54, 1.807) is 0 Å². The quantitative estimate of drug-likeness (QED) is 0.704. The van der Waals surface area contributed by atoms with Crippen LogP contribution in [0.15, 0.2) is 18.3 Å². The topological polar surface area (TPSA) is 39.2 Å². The Morgan fingerprint density at radius 2 is 2.21 bits per heavy atom. The molecule has 0 aliphatic heterocycles. The van der Waals surface area contributed by atoms with Gasteiger partial charge < -0.3 is 4.74 Å². The van der Waals surface area contributed by atoms with E-state index in [4.69, 9.17) is 0 Å². The van der Waals surface area contributed by atoms with E-state index in [1.165, 1.54) is 6.07 Å². The predicted octanol–water partition coefficient (Wildman–Crippen LogP) is 1.84. The van der Waals surface area contributed by atoms with Crippen LogP contribution in [0.1, 0.15) is 10.5 Å². The molecule has 0 saturated heterocycles. The lowest BCUT2D eigenvalue weighted by Gasteiger charge is -2.13. The first-order valence-corrected chi connectivity index (χ1v) is 3.61. The fourth-order valence-electron chi connectivity index (χ4n) is 0.722. The minimum atomic E-state index is -3.86. The second-order valence-electron chi connectivity index (χ2n) is 2.41.